The van der Waals surface area contributed by atoms with Crippen molar-refractivity contribution in [2.24, 2.45) is 5.92 Å². The molecule has 0 saturated carbocycles. The van der Waals surface area contributed by atoms with Crippen LogP contribution < -0.4 is 0 Å². The van der Waals surface area contributed by atoms with Gasteiger partial charge < -0.3 is 14.6 Å². The zero-order chi connectivity index (χ0) is 19.3. The predicted octanol–water partition coefficient (Wildman–Crippen LogP) is 2.38. The summed E-state index contributed by atoms with van der Waals surface area (Å²) in [4.78, 5) is 22.3. The Kier molecular flexibility index (Phi) is 4.38. The molecule has 1 amide bonds. The number of rotatable bonds is 4. The third kappa shape index (κ3) is 2.91. The van der Waals surface area contributed by atoms with E-state index in [1.807, 2.05) is 25.3 Å². The molecule has 5 heterocycles. The average Bonchev–Trinajstić information content (AvgIpc) is 3.32. The minimum absolute atomic E-state index is 0.250. The lowest BCUT2D eigenvalue weighted by Gasteiger charge is -2.51. The summed E-state index contributed by atoms with van der Waals surface area (Å²) in [5.41, 5.74) is 1.16. The Morgan fingerprint density at radius 2 is 2.07 bits per heavy atom. The average molecular weight is 380 g/mol. The summed E-state index contributed by atoms with van der Waals surface area (Å²) in [6, 6.07) is 8.32. The zero-order valence-corrected chi connectivity index (χ0v) is 16.4. The number of aryl methyl sites for hydroxylation is 2. The van der Waals surface area contributed by atoms with Gasteiger partial charge >= 0.3 is 0 Å². The second-order valence-corrected chi connectivity index (χ2v) is 8.52. The maximum atomic E-state index is 13.3. The molecule has 0 radical (unpaired) electrons. The normalized spacial score (nSPS) is 31.2. The molecule has 2 bridgehead atoms. The molecule has 2 aromatic rings. The van der Waals surface area contributed by atoms with Crippen molar-refractivity contribution >= 4 is 5.91 Å². The highest BCUT2D eigenvalue weighted by atomic mass is 16.3. The molecule has 4 fully saturated rings. The molecule has 28 heavy (non-hydrogen) atoms. The first-order chi connectivity index (χ1) is 13.6. The van der Waals surface area contributed by atoms with Crippen LogP contribution in [0.5, 0.6) is 5.75 Å². The number of benzene rings is 1. The number of aromatic nitrogens is 2. The maximum absolute atomic E-state index is 13.3. The van der Waals surface area contributed by atoms with Gasteiger partial charge in [-0.2, -0.15) is 0 Å². The Labute approximate surface area is 165 Å². The smallest absolute Gasteiger partial charge is 0.224 e. The first-order valence-corrected chi connectivity index (χ1v) is 10.4. The van der Waals surface area contributed by atoms with Crippen LogP contribution in [0.1, 0.15) is 36.6 Å². The molecule has 0 unspecified atom stereocenters. The highest BCUT2D eigenvalue weighted by Gasteiger charge is 2.54. The topological polar surface area (TPSA) is 61.6 Å². The molecule has 148 valence electrons. The summed E-state index contributed by atoms with van der Waals surface area (Å²) in [6.45, 7) is 5.69. The molecular weight excluding hydrogens is 352 g/mol. The van der Waals surface area contributed by atoms with Crippen LogP contribution in [0.15, 0.2) is 36.7 Å². The van der Waals surface area contributed by atoms with Crippen molar-refractivity contribution in [2.45, 2.75) is 50.7 Å². The second-order valence-electron chi connectivity index (χ2n) is 8.52. The minimum Gasteiger partial charge on any atom is -0.508 e. The molecule has 1 aromatic carbocycles. The van der Waals surface area contributed by atoms with Crippen LogP contribution in [-0.4, -0.2) is 62.1 Å². The van der Waals surface area contributed by atoms with Crippen LogP contribution in [0.2, 0.25) is 0 Å². The second kappa shape index (κ2) is 6.92. The van der Waals surface area contributed by atoms with Gasteiger partial charge in [0.25, 0.3) is 0 Å². The van der Waals surface area contributed by atoms with Crippen LogP contribution in [0, 0.1) is 12.8 Å². The Balaban J connectivity index is 1.40. The fraction of sp³-hybridized carbons (Fsp3) is 0.545. The highest BCUT2D eigenvalue weighted by molar-refractivity contribution is 5.77. The van der Waals surface area contributed by atoms with E-state index in [2.05, 4.69) is 25.4 Å². The van der Waals surface area contributed by atoms with Gasteiger partial charge in [0.05, 0.1) is 6.04 Å². The van der Waals surface area contributed by atoms with E-state index in [0.29, 0.717) is 36.7 Å². The number of aromatic hydroxyl groups is 1. The van der Waals surface area contributed by atoms with Crippen LogP contribution in [0.4, 0.5) is 0 Å². The number of hydrogen-bond donors (Lipinski definition) is 1. The van der Waals surface area contributed by atoms with Gasteiger partial charge in [-0.1, -0.05) is 12.1 Å². The van der Waals surface area contributed by atoms with Gasteiger partial charge in [0.15, 0.2) is 0 Å². The number of phenols is 1. The first kappa shape index (κ1) is 17.7. The monoisotopic (exact) mass is 380 g/mol. The molecule has 1 aromatic heterocycles. The number of piperidine rings is 3. The molecule has 6 rings (SSSR count). The third-order valence-electron chi connectivity index (χ3n) is 7.10. The van der Waals surface area contributed by atoms with Gasteiger partial charge in [-0.15, -0.1) is 0 Å². The van der Waals surface area contributed by atoms with Crippen LogP contribution in [-0.2, 0) is 11.3 Å². The van der Waals surface area contributed by atoms with Gasteiger partial charge in [-0.3, -0.25) is 9.69 Å². The molecule has 6 nitrogen and oxygen atoms in total. The Hall–Kier alpha value is -2.34. The van der Waals surface area contributed by atoms with E-state index in [9.17, 15) is 9.90 Å². The quantitative estimate of drug-likeness (QED) is 0.885. The third-order valence-corrected chi connectivity index (χ3v) is 7.10. The van der Waals surface area contributed by atoms with Crippen molar-refractivity contribution in [1.29, 1.82) is 0 Å². The number of amides is 1. The largest absolute Gasteiger partial charge is 0.508 e. The maximum Gasteiger partial charge on any atom is 0.224 e. The van der Waals surface area contributed by atoms with Crippen molar-refractivity contribution in [3.8, 4) is 5.75 Å². The lowest BCUT2D eigenvalue weighted by atomic mass is 9.75. The van der Waals surface area contributed by atoms with Gasteiger partial charge in [0.2, 0.25) is 5.91 Å². The number of phenolic OH excluding ortho intramolecular Hbond substituents is 1. The standard InChI is InChI=1S/C22H28N4O2/c1-15-23-8-12-24(15)11-7-20(28)26-14-19(17-3-2-4-18(27)13-17)22-21(26)16-5-9-25(22)10-6-16/h2-4,8,12-13,16,19,21-22,27H,5-7,9-11,14H2,1H3/t19-,21+,22+/m0/s1. The van der Waals surface area contributed by atoms with Gasteiger partial charge in [-0.05, 0) is 56.5 Å². The molecule has 1 N–H and O–H groups in total. The fourth-order valence-electron chi connectivity index (χ4n) is 5.75. The fourth-order valence-corrected chi connectivity index (χ4v) is 5.75. The summed E-state index contributed by atoms with van der Waals surface area (Å²) < 4.78 is 2.05. The van der Waals surface area contributed by atoms with E-state index in [-0.39, 0.29) is 11.8 Å². The number of carbonyl (C=O) groups excluding carboxylic acids is 1. The molecule has 6 heteroatoms. The van der Waals surface area contributed by atoms with E-state index >= 15 is 0 Å². The molecule has 0 aliphatic carbocycles. The number of fused-ring (bicyclic) bond motifs is 2. The van der Waals surface area contributed by atoms with Crippen molar-refractivity contribution in [3.63, 3.8) is 0 Å². The minimum atomic E-state index is 0.250. The summed E-state index contributed by atoms with van der Waals surface area (Å²) in [6.07, 6.45) is 6.63. The van der Waals surface area contributed by atoms with Crippen molar-refractivity contribution in [3.05, 3.63) is 48.0 Å². The van der Waals surface area contributed by atoms with E-state index < -0.39 is 0 Å². The Morgan fingerprint density at radius 3 is 2.79 bits per heavy atom. The van der Waals surface area contributed by atoms with Crippen LogP contribution in [0.3, 0.4) is 0 Å². The van der Waals surface area contributed by atoms with Crippen LogP contribution >= 0.6 is 0 Å². The summed E-state index contributed by atoms with van der Waals surface area (Å²) >= 11 is 0. The number of carbonyl (C=O) groups is 1. The number of nitrogens with zero attached hydrogens (tertiary/aromatic N) is 4. The van der Waals surface area contributed by atoms with Gasteiger partial charge in [0, 0.05) is 43.9 Å². The highest BCUT2D eigenvalue weighted by Crippen LogP contribution is 2.47. The summed E-state index contributed by atoms with van der Waals surface area (Å²) in [7, 11) is 0. The van der Waals surface area contributed by atoms with Gasteiger partial charge in [0.1, 0.15) is 11.6 Å². The Morgan fingerprint density at radius 1 is 1.25 bits per heavy atom. The lowest BCUT2D eigenvalue weighted by molar-refractivity contribution is -0.136. The molecule has 4 aliphatic heterocycles. The molecule has 0 spiro atoms. The van der Waals surface area contributed by atoms with E-state index in [0.717, 1.165) is 31.0 Å². The molecular formula is C22H28N4O2. The van der Waals surface area contributed by atoms with Crippen molar-refractivity contribution in [2.75, 3.05) is 19.6 Å². The number of likely N-dealkylation sites (tertiary alicyclic amines) is 1. The van der Waals surface area contributed by atoms with Crippen molar-refractivity contribution in [1.82, 2.24) is 19.4 Å². The van der Waals surface area contributed by atoms with Crippen molar-refractivity contribution < 1.29 is 9.90 Å². The predicted molar refractivity (Wildman–Crippen MR) is 106 cm³/mol. The summed E-state index contributed by atoms with van der Waals surface area (Å²) in [5, 5.41) is 9.99. The van der Waals surface area contributed by atoms with E-state index in [4.69, 9.17) is 0 Å². The summed E-state index contributed by atoms with van der Waals surface area (Å²) in [5.74, 6) is 2.40. The lowest BCUT2D eigenvalue weighted by Crippen LogP contribution is -2.60. The van der Waals surface area contributed by atoms with E-state index in [1.54, 1.807) is 12.3 Å². The molecule has 4 aliphatic rings. The van der Waals surface area contributed by atoms with E-state index in [1.165, 1.54) is 12.8 Å². The zero-order valence-electron chi connectivity index (χ0n) is 16.4. The first-order valence-electron chi connectivity index (χ1n) is 10.4. The molecule has 4 saturated heterocycles. The SMILES string of the molecule is Cc1nccn1CCC(=O)N1C[C@@H](c2cccc(O)c2)[C@@H]2[C@H]1C1CCN2CC1. The number of imidazole rings is 1. The molecule has 3 atom stereocenters. The van der Waals surface area contributed by atoms with Crippen LogP contribution in [0.25, 0.3) is 0 Å². The van der Waals surface area contributed by atoms with Gasteiger partial charge in [-0.25, -0.2) is 4.98 Å². The Bertz CT molecular complexity index is 871. The number of hydrogen-bond acceptors (Lipinski definition) is 4.